The summed E-state index contributed by atoms with van der Waals surface area (Å²) < 4.78 is 15.7. The van der Waals surface area contributed by atoms with Crippen molar-refractivity contribution >= 4 is 11.8 Å². The van der Waals surface area contributed by atoms with Gasteiger partial charge in [-0.3, -0.25) is 4.79 Å². The van der Waals surface area contributed by atoms with Crippen LogP contribution in [0.3, 0.4) is 0 Å². The second-order valence-corrected chi connectivity index (χ2v) is 5.54. The number of rotatable bonds is 3. The van der Waals surface area contributed by atoms with Gasteiger partial charge in [0, 0.05) is 17.3 Å². The zero-order valence-electron chi connectivity index (χ0n) is 12.7. The third-order valence-electron chi connectivity index (χ3n) is 3.97. The van der Waals surface area contributed by atoms with Crippen LogP contribution in [0.1, 0.15) is 10.4 Å². The minimum absolute atomic E-state index is 0.292. The number of fused-ring (bicyclic) bond motifs is 1. The number of aldehydes is 1. The number of halogens is 1. The first-order valence-corrected chi connectivity index (χ1v) is 7.54. The number of carbonyl (C=O) groups excluding carboxylic acids is 1. The molecule has 3 nitrogen and oxygen atoms in total. The van der Waals surface area contributed by atoms with E-state index in [2.05, 4.69) is 5.10 Å². The molecule has 0 aliphatic carbocycles. The fraction of sp³-hybridized carbons (Fsp3) is 0. The van der Waals surface area contributed by atoms with Crippen molar-refractivity contribution in [2.24, 2.45) is 0 Å². The predicted octanol–water partition coefficient (Wildman–Crippen LogP) is 4.62. The normalized spacial score (nSPS) is 10.9. The molecule has 0 fully saturated rings. The van der Waals surface area contributed by atoms with Crippen LogP contribution in [0.2, 0.25) is 0 Å². The monoisotopic (exact) mass is 316 g/mol. The number of nitrogens with zero attached hydrogens (tertiary/aromatic N) is 2. The summed E-state index contributed by atoms with van der Waals surface area (Å²) in [6, 6.07) is 19.8. The van der Waals surface area contributed by atoms with Crippen molar-refractivity contribution in [3.8, 4) is 22.4 Å². The third-order valence-corrected chi connectivity index (χ3v) is 3.97. The molecule has 0 radical (unpaired) electrons. The molecule has 24 heavy (non-hydrogen) atoms. The first kappa shape index (κ1) is 14.3. The van der Waals surface area contributed by atoms with Crippen molar-refractivity contribution in [3.63, 3.8) is 0 Å². The summed E-state index contributed by atoms with van der Waals surface area (Å²) in [6.45, 7) is 0. The van der Waals surface area contributed by atoms with Crippen molar-refractivity contribution in [1.82, 2.24) is 9.61 Å². The van der Waals surface area contributed by atoms with Gasteiger partial charge in [0.15, 0.2) is 0 Å². The largest absolute Gasteiger partial charge is 0.298 e. The Bertz CT molecular complexity index is 1050. The van der Waals surface area contributed by atoms with E-state index in [0.29, 0.717) is 16.8 Å². The summed E-state index contributed by atoms with van der Waals surface area (Å²) in [5, 5.41) is 4.43. The van der Waals surface area contributed by atoms with Crippen LogP contribution in [0.4, 0.5) is 4.39 Å². The number of carbonyl (C=O) groups is 1. The smallest absolute Gasteiger partial charge is 0.150 e. The number of hydrogen-bond donors (Lipinski definition) is 0. The van der Waals surface area contributed by atoms with E-state index in [-0.39, 0.29) is 5.82 Å². The lowest BCUT2D eigenvalue weighted by atomic mass is 10.0. The molecule has 0 atom stereocenters. The van der Waals surface area contributed by atoms with Crippen LogP contribution in [0.5, 0.6) is 0 Å². The fourth-order valence-corrected chi connectivity index (χ4v) is 2.77. The zero-order valence-corrected chi connectivity index (χ0v) is 12.7. The molecule has 4 heteroatoms. The van der Waals surface area contributed by atoms with E-state index in [1.54, 1.807) is 28.8 Å². The first-order chi connectivity index (χ1) is 11.7. The van der Waals surface area contributed by atoms with Gasteiger partial charge < -0.3 is 0 Å². The molecule has 0 N–H and O–H groups in total. The standard InChI is InChI=1S/C20H13FN2O/c21-19-7-2-1-6-18(19)20-12-17-11-16(8-9-23(17)22-20)15-5-3-4-14(10-15)13-24/h1-13H. The highest BCUT2D eigenvalue weighted by Crippen LogP contribution is 2.26. The van der Waals surface area contributed by atoms with Gasteiger partial charge in [-0.15, -0.1) is 0 Å². The van der Waals surface area contributed by atoms with Crippen LogP contribution in [0.15, 0.2) is 72.9 Å². The maximum absolute atomic E-state index is 13.9. The van der Waals surface area contributed by atoms with E-state index in [9.17, 15) is 9.18 Å². The molecule has 0 aliphatic rings. The van der Waals surface area contributed by atoms with Crippen molar-refractivity contribution in [2.45, 2.75) is 0 Å². The SMILES string of the molecule is O=Cc1cccc(-c2ccn3nc(-c4ccccc4F)cc3c2)c1. The van der Waals surface area contributed by atoms with Gasteiger partial charge in [-0.05, 0) is 47.5 Å². The van der Waals surface area contributed by atoms with Crippen LogP contribution in [-0.4, -0.2) is 15.9 Å². The van der Waals surface area contributed by atoms with Crippen molar-refractivity contribution in [3.05, 3.63) is 84.3 Å². The van der Waals surface area contributed by atoms with E-state index >= 15 is 0 Å². The molecule has 116 valence electrons. The van der Waals surface area contributed by atoms with Gasteiger partial charge >= 0.3 is 0 Å². The summed E-state index contributed by atoms with van der Waals surface area (Å²) in [6.07, 6.45) is 2.67. The Balaban J connectivity index is 1.81. The minimum atomic E-state index is -0.292. The van der Waals surface area contributed by atoms with Crippen molar-refractivity contribution in [2.75, 3.05) is 0 Å². The third kappa shape index (κ3) is 2.48. The maximum atomic E-state index is 13.9. The molecule has 0 saturated heterocycles. The minimum Gasteiger partial charge on any atom is -0.298 e. The summed E-state index contributed by atoms with van der Waals surface area (Å²) in [7, 11) is 0. The molecule has 2 aromatic heterocycles. The second kappa shape index (κ2) is 5.74. The molecule has 0 bridgehead atoms. The van der Waals surface area contributed by atoms with Crippen LogP contribution in [-0.2, 0) is 0 Å². The molecule has 0 amide bonds. The maximum Gasteiger partial charge on any atom is 0.150 e. The van der Waals surface area contributed by atoms with E-state index < -0.39 is 0 Å². The van der Waals surface area contributed by atoms with E-state index in [4.69, 9.17) is 0 Å². The van der Waals surface area contributed by atoms with Crippen LogP contribution in [0.25, 0.3) is 27.9 Å². The van der Waals surface area contributed by atoms with E-state index in [0.717, 1.165) is 22.9 Å². The van der Waals surface area contributed by atoms with Gasteiger partial charge in [-0.25, -0.2) is 8.91 Å². The van der Waals surface area contributed by atoms with Crippen molar-refractivity contribution in [1.29, 1.82) is 0 Å². The lowest BCUT2D eigenvalue weighted by Crippen LogP contribution is -1.89. The number of aromatic nitrogens is 2. The van der Waals surface area contributed by atoms with E-state index in [1.165, 1.54) is 6.07 Å². The molecule has 2 heterocycles. The molecular formula is C20H13FN2O. The van der Waals surface area contributed by atoms with Gasteiger partial charge in [0.1, 0.15) is 12.1 Å². The van der Waals surface area contributed by atoms with Gasteiger partial charge in [0.25, 0.3) is 0 Å². The van der Waals surface area contributed by atoms with Gasteiger partial charge in [-0.2, -0.15) is 5.10 Å². The summed E-state index contributed by atoms with van der Waals surface area (Å²) in [4.78, 5) is 10.9. The molecule has 4 aromatic rings. The van der Waals surface area contributed by atoms with Crippen LogP contribution >= 0.6 is 0 Å². The summed E-state index contributed by atoms with van der Waals surface area (Å²) in [5.41, 5.74) is 4.50. The Kier molecular flexibility index (Phi) is 3.43. The molecule has 0 saturated carbocycles. The Morgan fingerprint density at radius 1 is 0.917 bits per heavy atom. The number of benzene rings is 2. The molecular weight excluding hydrogens is 303 g/mol. The summed E-state index contributed by atoms with van der Waals surface area (Å²) >= 11 is 0. The zero-order chi connectivity index (χ0) is 16.5. The highest BCUT2D eigenvalue weighted by atomic mass is 19.1. The molecule has 4 rings (SSSR count). The second-order valence-electron chi connectivity index (χ2n) is 5.54. The Morgan fingerprint density at radius 3 is 2.58 bits per heavy atom. The Hall–Kier alpha value is -3.27. The Labute approximate surface area is 138 Å². The Morgan fingerprint density at radius 2 is 1.75 bits per heavy atom. The first-order valence-electron chi connectivity index (χ1n) is 7.54. The highest BCUT2D eigenvalue weighted by molar-refractivity contribution is 5.80. The summed E-state index contributed by atoms with van der Waals surface area (Å²) in [5.74, 6) is -0.292. The van der Waals surface area contributed by atoms with Gasteiger partial charge in [0.2, 0.25) is 0 Å². The quantitative estimate of drug-likeness (QED) is 0.517. The van der Waals surface area contributed by atoms with Crippen LogP contribution in [0, 0.1) is 5.82 Å². The lowest BCUT2D eigenvalue weighted by Gasteiger charge is -2.03. The van der Waals surface area contributed by atoms with Crippen molar-refractivity contribution < 1.29 is 9.18 Å². The predicted molar refractivity (Wildman–Crippen MR) is 91.4 cm³/mol. The van der Waals surface area contributed by atoms with Crippen LogP contribution < -0.4 is 0 Å². The molecule has 0 aliphatic heterocycles. The van der Waals surface area contributed by atoms with Gasteiger partial charge in [-0.1, -0.05) is 30.3 Å². The number of hydrogen-bond acceptors (Lipinski definition) is 2. The average molecular weight is 316 g/mol. The molecule has 2 aromatic carbocycles. The lowest BCUT2D eigenvalue weighted by molar-refractivity contribution is 0.112. The molecule has 0 unspecified atom stereocenters. The molecule has 0 spiro atoms. The fourth-order valence-electron chi connectivity index (χ4n) is 2.77. The number of pyridine rings is 1. The van der Waals surface area contributed by atoms with E-state index in [1.807, 2.05) is 42.6 Å². The topological polar surface area (TPSA) is 34.4 Å². The average Bonchev–Trinajstić information content (AvgIpc) is 3.05. The highest BCUT2D eigenvalue weighted by Gasteiger charge is 2.09. The van der Waals surface area contributed by atoms with Gasteiger partial charge in [0.05, 0.1) is 11.2 Å².